The van der Waals surface area contributed by atoms with Gasteiger partial charge in [-0.05, 0) is 49.5 Å². The zero-order chi connectivity index (χ0) is 18.0. The molecule has 3 aromatic rings. The predicted octanol–water partition coefficient (Wildman–Crippen LogP) is 3.38. The first kappa shape index (κ1) is 16.8. The van der Waals surface area contributed by atoms with Crippen LogP contribution in [0.1, 0.15) is 17.3 Å². The number of nitrogens with one attached hydrogen (secondary N) is 3. The monoisotopic (exact) mass is 359 g/mol. The molecule has 128 valence electrons. The van der Waals surface area contributed by atoms with Crippen molar-refractivity contribution < 1.29 is 13.9 Å². The van der Waals surface area contributed by atoms with Crippen LogP contribution in [0.2, 0.25) is 0 Å². The van der Waals surface area contributed by atoms with Gasteiger partial charge in [-0.3, -0.25) is 14.6 Å². The Hall–Kier alpha value is -3.00. The largest absolute Gasteiger partial charge is 0.491 e. The smallest absolute Gasteiger partial charge is 0.259 e. The summed E-state index contributed by atoms with van der Waals surface area (Å²) in [4.78, 5) is 29.5. The molecule has 6 nitrogen and oxygen atoms in total. The first-order chi connectivity index (χ1) is 12.0. The van der Waals surface area contributed by atoms with Crippen LogP contribution in [0.15, 0.2) is 41.2 Å². The fourth-order valence-electron chi connectivity index (χ4n) is 2.37. The first-order valence-electron chi connectivity index (χ1n) is 7.48. The van der Waals surface area contributed by atoms with E-state index in [4.69, 9.17) is 17.0 Å². The van der Waals surface area contributed by atoms with Crippen LogP contribution in [-0.2, 0) is 0 Å². The molecule has 3 rings (SSSR count). The fourth-order valence-corrected chi connectivity index (χ4v) is 2.57. The van der Waals surface area contributed by atoms with Crippen molar-refractivity contribution in [1.29, 1.82) is 0 Å². The Kier molecular flexibility index (Phi) is 4.62. The van der Waals surface area contributed by atoms with Gasteiger partial charge < -0.3 is 15.0 Å². The summed E-state index contributed by atoms with van der Waals surface area (Å²) in [7, 11) is 0. The van der Waals surface area contributed by atoms with Crippen molar-refractivity contribution in [3.05, 3.63) is 62.9 Å². The Labute approximate surface area is 146 Å². The van der Waals surface area contributed by atoms with Gasteiger partial charge in [-0.1, -0.05) is 0 Å². The summed E-state index contributed by atoms with van der Waals surface area (Å²) < 4.78 is 19.1. The van der Waals surface area contributed by atoms with Gasteiger partial charge in [0.25, 0.3) is 11.5 Å². The van der Waals surface area contributed by atoms with Gasteiger partial charge in [0.05, 0.1) is 17.5 Å². The molecule has 0 unspecified atom stereocenters. The number of benzene rings is 2. The van der Waals surface area contributed by atoms with Crippen molar-refractivity contribution in [1.82, 2.24) is 9.97 Å². The topological polar surface area (TPSA) is 87.0 Å². The van der Waals surface area contributed by atoms with Crippen LogP contribution in [0, 0.1) is 10.6 Å². The number of H-pyrrole nitrogens is 2. The number of anilines is 1. The highest BCUT2D eigenvalue weighted by Gasteiger charge is 2.11. The molecule has 0 fully saturated rings. The van der Waals surface area contributed by atoms with E-state index in [1.54, 1.807) is 13.0 Å². The molecule has 1 heterocycles. The average molecular weight is 359 g/mol. The van der Waals surface area contributed by atoms with E-state index in [9.17, 15) is 14.0 Å². The number of hydrogen-bond donors (Lipinski definition) is 3. The van der Waals surface area contributed by atoms with Gasteiger partial charge >= 0.3 is 0 Å². The highest BCUT2D eigenvalue weighted by molar-refractivity contribution is 7.71. The maximum Gasteiger partial charge on any atom is 0.259 e. The lowest BCUT2D eigenvalue weighted by molar-refractivity contribution is 0.102. The van der Waals surface area contributed by atoms with E-state index in [-0.39, 0.29) is 16.1 Å². The Morgan fingerprint density at radius 1 is 1.24 bits per heavy atom. The molecule has 0 bridgehead atoms. The minimum atomic E-state index is -0.561. The molecule has 1 aromatic heterocycles. The fraction of sp³-hybridized carbons (Fsp3) is 0.118. The molecule has 0 atom stereocenters. The summed E-state index contributed by atoms with van der Waals surface area (Å²) in [6, 6.07) is 8.72. The number of aromatic nitrogens is 2. The van der Waals surface area contributed by atoms with Crippen molar-refractivity contribution in [3.63, 3.8) is 0 Å². The number of carbonyl (C=O) groups excluding carboxylic acids is 1. The zero-order valence-corrected chi connectivity index (χ0v) is 14.0. The molecule has 0 saturated heterocycles. The van der Waals surface area contributed by atoms with Gasteiger partial charge in [-0.25, -0.2) is 4.39 Å². The van der Waals surface area contributed by atoms with Crippen molar-refractivity contribution in [2.75, 3.05) is 11.9 Å². The predicted molar refractivity (Wildman–Crippen MR) is 95.3 cm³/mol. The normalized spacial score (nSPS) is 10.6. The molecule has 0 aliphatic carbocycles. The van der Waals surface area contributed by atoms with Crippen LogP contribution in [0.5, 0.6) is 5.75 Å². The SMILES string of the molecule is CCOc1ccc(NC(=O)c2ccc3c(=O)[nH]c(=S)[nH]c3c2)cc1F. The summed E-state index contributed by atoms with van der Waals surface area (Å²) in [5.74, 6) is -0.878. The minimum Gasteiger partial charge on any atom is -0.491 e. The Bertz CT molecular complexity index is 1070. The summed E-state index contributed by atoms with van der Waals surface area (Å²) in [6.07, 6.45) is 0. The third-order valence-corrected chi connectivity index (χ3v) is 3.70. The molecular formula is C17H14FN3O3S. The number of ether oxygens (including phenoxy) is 1. The van der Waals surface area contributed by atoms with E-state index in [0.29, 0.717) is 28.8 Å². The lowest BCUT2D eigenvalue weighted by Gasteiger charge is -2.09. The molecule has 0 saturated carbocycles. The van der Waals surface area contributed by atoms with E-state index >= 15 is 0 Å². The lowest BCUT2D eigenvalue weighted by atomic mass is 10.1. The number of amides is 1. The van der Waals surface area contributed by atoms with E-state index < -0.39 is 11.7 Å². The Balaban J connectivity index is 1.88. The number of halogens is 1. The van der Waals surface area contributed by atoms with E-state index in [2.05, 4.69) is 15.3 Å². The average Bonchev–Trinajstić information content (AvgIpc) is 2.56. The van der Waals surface area contributed by atoms with E-state index in [1.807, 2.05) is 0 Å². The van der Waals surface area contributed by atoms with Gasteiger partial charge in [-0.2, -0.15) is 0 Å². The first-order valence-corrected chi connectivity index (χ1v) is 7.89. The number of carbonyl (C=O) groups is 1. The van der Waals surface area contributed by atoms with Crippen molar-refractivity contribution >= 4 is 34.7 Å². The highest BCUT2D eigenvalue weighted by atomic mass is 32.1. The zero-order valence-electron chi connectivity index (χ0n) is 13.2. The van der Waals surface area contributed by atoms with Crippen molar-refractivity contribution in [2.45, 2.75) is 6.92 Å². The second-order valence-electron chi connectivity index (χ2n) is 5.20. The number of hydrogen-bond acceptors (Lipinski definition) is 4. The van der Waals surface area contributed by atoms with Gasteiger partial charge in [-0.15, -0.1) is 0 Å². The molecule has 0 radical (unpaired) electrons. The molecule has 25 heavy (non-hydrogen) atoms. The summed E-state index contributed by atoms with van der Waals surface area (Å²) >= 11 is 4.92. The molecule has 0 aliphatic rings. The Morgan fingerprint density at radius 3 is 2.76 bits per heavy atom. The second kappa shape index (κ2) is 6.86. The highest BCUT2D eigenvalue weighted by Crippen LogP contribution is 2.22. The van der Waals surface area contributed by atoms with Crippen molar-refractivity contribution in [2.24, 2.45) is 0 Å². The van der Waals surface area contributed by atoms with Crippen LogP contribution in [0.3, 0.4) is 0 Å². The van der Waals surface area contributed by atoms with Crippen LogP contribution >= 0.6 is 12.2 Å². The standard InChI is InChI=1S/C17H14FN3O3S/c1-2-24-14-6-4-10(8-12(14)18)19-15(22)9-3-5-11-13(7-9)20-17(25)21-16(11)23/h3-8H,2H2,1H3,(H,19,22)(H2,20,21,23,25). The molecule has 1 amide bonds. The van der Waals surface area contributed by atoms with Crippen LogP contribution in [0.4, 0.5) is 10.1 Å². The second-order valence-corrected chi connectivity index (χ2v) is 5.61. The van der Waals surface area contributed by atoms with Gasteiger partial charge in [0.2, 0.25) is 0 Å². The summed E-state index contributed by atoms with van der Waals surface area (Å²) in [5, 5.41) is 2.99. The molecule has 0 aliphatic heterocycles. The number of rotatable bonds is 4. The lowest BCUT2D eigenvalue weighted by Crippen LogP contribution is -2.13. The Morgan fingerprint density at radius 2 is 2.04 bits per heavy atom. The van der Waals surface area contributed by atoms with Gasteiger partial charge in [0.1, 0.15) is 0 Å². The molecule has 2 aromatic carbocycles. The van der Waals surface area contributed by atoms with E-state index in [0.717, 1.165) is 0 Å². The van der Waals surface area contributed by atoms with Gasteiger partial charge in [0, 0.05) is 17.3 Å². The summed E-state index contributed by atoms with van der Waals surface area (Å²) in [6.45, 7) is 2.10. The maximum absolute atomic E-state index is 13.9. The quantitative estimate of drug-likeness (QED) is 0.623. The maximum atomic E-state index is 13.9. The van der Waals surface area contributed by atoms with Gasteiger partial charge in [0.15, 0.2) is 16.3 Å². The van der Waals surface area contributed by atoms with Crippen molar-refractivity contribution in [3.8, 4) is 5.75 Å². The van der Waals surface area contributed by atoms with E-state index in [1.165, 1.54) is 30.3 Å². The van der Waals surface area contributed by atoms with Crippen LogP contribution in [-0.4, -0.2) is 22.5 Å². The minimum absolute atomic E-state index is 0.123. The molecule has 8 heteroatoms. The molecule has 0 spiro atoms. The molecular weight excluding hydrogens is 345 g/mol. The molecule has 3 N–H and O–H groups in total. The van der Waals surface area contributed by atoms with Crippen LogP contribution < -0.4 is 15.6 Å². The summed E-state index contributed by atoms with van der Waals surface area (Å²) in [5.41, 5.74) is 0.710. The number of aromatic amines is 2. The third-order valence-electron chi connectivity index (χ3n) is 3.49. The number of fused-ring (bicyclic) bond motifs is 1. The van der Waals surface area contributed by atoms with Crippen LogP contribution in [0.25, 0.3) is 10.9 Å². The third kappa shape index (κ3) is 3.58.